The number of carbonyl (C=O) groups is 2. The molecule has 2 N–H and O–H groups in total. The molecule has 178 valence electrons. The largest absolute Gasteiger partial charge is 0.369 e. The van der Waals surface area contributed by atoms with E-state index in [2.05, 4.69) is 39.5 Å². The van der Waals surface area contributed by atoms with Gasteiger partial charge in [0.1, 0.15) is 6.04 Å². The monoisotopic (exact) mass is 470 g/mol. The smallest absolute Gasteiger partial charge is 0.251 e. The predicted molar refractivity (Wildman–Crippen MR) is 136 cm³/mol. The maximum Gasteiger partial charge on any atom is 0.251 e. The van der Waals surface area contributed by atoms with E-state index in [0.717, 1.165) is 50.4 Å². The molecule has 2 atom stereocenters. The van der Waals surface area contributed by atoms with Gasteiger partial charge in [-0.3, -0.25) is 9.59 Å². The lowest BCUT2D eigenvalue weighted by Crippen LogP contribution is -2.47. The Kier molecular flexibility index (Phi) is 8.75. The second kappa shape index (κ2) is 11.5. The summed E-state index contributed by atoms with van der Waals surface area (Å²) >= 11 is 5.92. The minimum absolute atomic E-state index is 0.0179. The number of nitrogens with one attached hydrogen (secondary N) is 2. The summed E-state index contributed by atoms with van der Waals surface area (Å²) in [5.74, 6) is -0.514. The number of benzene rings is 2. The third kappa shape index (κ3) is 6.49. The fraction of sp³-hybridized carbons (Fsp3) is 0.462. The molecule has 1 aliphatic heterocycles. The molecule has 0 bridgehead atoms. The van der Waals surface area contributed by atoms with E-state index in [1.165, 1.54) is 5.69 Å². The zero-order valence-corrected chi connectivity index (χ0v) is 20.8. The highest BCUT2D eigenvalue weighted by Crippen LogP contribution is 2.24. The van der Waals surface area contributed by atoms with Crippen LogP contribution < -0.4 is 15.5 Å². The van der Waals surface area contributed by atoms with Gasteiger partial charge in [-0.15, -0.1) is 0 Å². The van der Waals surface area contributed by atoms with E-state index in [0.29, 0.717) is 10.6 Å². The maximum atomic E-state index is 13.2. The lowest BCUT2D eigenvalue weighted by atomic mass is 9.97. The zero-order valence-electron chi connectivity index (χ0n) is 20.0. The SMILES string of the molecule is CCC(C)C(NC(=O)c1ccc(Cl)cc1)C(=O)Nc1ccc(N2CCN(CC)CC2)cc1C. The third-order valence-corrected chi connectivity index (χ3v) is 6.79. The number of halogens is 1. The van der Waals surface area contributed by atoms with Crippen molar-refractivity contribution in [1.29, 1.82) is 0 Å². The summed E-state index contributed by atoms with van der Waals surface area (Å²) in [6, 6.07) is 12.2. The number of nitrogens with zero attached hydrogens (tertiary/aromatic N) is 2. The number of amides is 2. The summed E-state index contributed by atoms with van der Waals surface area (Å²) in [4.78, 5) is 30.7. The first-order valence-electron chi connectivity index (χ1n) is 11.8. The summed E-state index contributed by atoms with van der Waals surface area (Å²) in [5, 5.41) is 6.51. The highest BCUT2D eigenvalue weighted by molar-refractivity contribution is 6.30. The average Bonchev–Trinajstić information content (AvgIpc) is 2.83. The van der Waals surface area contributed by atoms with Crippen molar-refractivity contribution in [3.8, 4) is 0 Å². The van der Waals surface area contributed by atoms with E-state index in [9.17, 15) is 9.59 Å². The topological polar surface area (TPSA) is 64.7 Å². The quantitative estimate of drug-likeness (QED) is 0.593. The van der Waals surface area contributed by atoms with Crippen LogP contribution in [-0.4, -0.2) is 55.5 Å². The van der Waals surface area contributed by atoms with Gasteiger partial charge in [-0.25, -0.2) is 0 Å². The second-order valence-electron chi connectivity index (χ2n) is 8.75. The molecule has 0 spiro atoms. The highest BCUT2D eigenvalue weighted by Gasteiger charge is 2.27. The number of rotatable bonds is 8. The van der Waals surface area contributed by atoms with E-state index in [4.69, 9.17) is 11.6 Å². The van der Waals surface area contributed by atoms with Gasteiger partial charge in [-0.2, -0.15) is 0 Å². The number of hydrogen-bond donors (Lipinski definition) is 2. The van der Waals surface area contributed by atoms with Crippen LogP contribution >= 0.6 is 11.6 Å². The van der Waals surface area contributed by atoms with Gasteiger partial charge in [0.05, 0.1) is 0 Å². The fourth-order valence-electron chi connectivity index (χ4n) is 4.05. The molecule has 2 unspecified atom stereocenters. The minimum atomic E-state index is -0.639. The first-order valence-corrected chi connectivity index (χ1v) is 12.1. The molecule has 0 saturated carbocycles. The number of carbonyl (C=O) groups excluding carboxylic acids is 2. The van der Waals surface area contributed by atoms with Gasteiger partial charge in [0.15, 0.2) is 0 Å². The maximum absolute atomic E-state index is 13.2. The van der Waals surface area contributed by atoms with Crippen LogP contribution in [0.2, 0.25) is 5.02 Å². The summed E-state index contributed by atoms with van der Waals surface area (Å²) < 4.78 is 0. The first kappa shape index (κ1) is 25.1. The summed E-state index contributed by atoms with van der Waals surface area (Å²) in [7, 11) is 0. The number of anilines is 2. The van der Waals surface area contributed by atoms with Gasteiger partial charge in [-0.05, 0) is 67.4 Å². The summed E-state index contributed by atoms with van der Waals surface area (Å²) in [5.41, 5.74) is 3.43. The average molecular weight is 471 g/mol. The van der Waals surface area contributed by atoms with Gasteiger partial charge < -0.3 is 20.4 Å². The Morgan fingerprint density at radius 1 is 1.03 bits per heavy atom. The van der Waals surface area contributed by atoms with Crippen LogP contribution in [0.4, 0.5) is 11.4 Å². The molecule has 1 aliphatic rings. The standard InChI is InChI=1S/C26H35ClN4O2/c1-5-18(3)24(29-25(32)20-7-9-21(27)10-8-20)26(33)28-23-12-11-22(17-19(23)4)31-15-13-30(6-2)14-16-31/h7-12,17-18,24H,5-6,13-16H2,1-4H3,(H,28,33)(H,29,32). The fourth-order valence-corrected chi connectivity index (χ4v) is 4.17. The van der Waals surface area contributed by atoms with Crippen molar-refractivity contribution in [2.24, 2.45) is 5.92 Å². The molecule has 2 aromatic carbocycles. The van der Waals surface area contributed by atoms with E-state index >= 15 is 0 Å². The molecular formula is C26H35ClN4O2. The molecular weight excluding hydrogens is 436 g/mol. The zero-order chi connectivity index (χ0) is 24.0. The lowest BCUT2D eigenvalue weighted by molar-refractivity contribution is -0.119. The van der Waals surface area contributed by atoms with E-state index in [-0.39, 0.29) is 17.7 Å². The van der Waals surface area contributed by atoms with Crippen LogP contribution in [0.3, 0.4) is 0 Å². The number of hydrogen-bond acceptors (Lipinski definition) is 4. The molecule has 3 rings (SSSR count). The van der Waals surface area contributed by atoms with Crippen molar-refractivity contribution >= 4 is 34.8 Å². The summed E-state index contributed by atoms with van der Waals surface area (Å²) in [6.45, 7) is 13.4. The molecule has 33 heavy (non-hydrogen) atoms. The van der Waals surface area contributed by atoms with Crippen LogP contribution in [0.1, 0.15) is 43.1 Å². The van der Waals surface area contributed by atoms with Crippen molar-refractivity contribution in [3.63, 3.8) is 0 Å². The Bertz CT molecular complexity index is 955. The van der Waals surface area contributed by atoms with Crippen molar-refractivity contribution < 1.29 is 9.59 Å². The Morgan fingerprint density at radius 2 is 1.70 bits per heavy atom. The van der Waals surface area contributed by atoms with E-state index < -0.39 is 6.04 Å². The van der Waals surface area contributed by atoms with Gasteiger partial charge in [0.25, 0.3) is 5.91 Å². The van der Waals surface area contributed by atoms with E-state index in [1.807, 2.05) is 26.8 Å². The number of piperazine rings is 1. The van der Waals surface area contributed by atoms with Crippen LogP contribution in [-0.2, 0) is 4.79 Å². The summed E-state index contributed by atoms with van der Waals surface area (Å²) in [6.07, 6.45) is 0.765. The van der Waals surface area contributed by atoms with Crippen molar-refractivity contribution in [1.82, 2.24) is 10.2 Å². The molecule has 1 fully saturated rings. The minimum Gasteiger partial charge on any atom is -0.369 e. The normalized spacial score (nSPS) is 16.2. The molecule has 1 saturated heterocycles. The molecule has 2 aromatic rings. The molecule has 0 aromatic heterocycles. The van der Waals surface area contributed by atoms with Crippen LogP contribution in [0, 0.1) is 12.8 Å². The molecule has 0 radical (unpaired) electrons. The molecule has 0 aliphatic carbocycles. The number of likely N-dealkylation sites (N-methyl/N-ethyl adjacent to an activating group) is 1. The molecule has 7 heteroatoms. The van der Waals surface area contributed by atoms with Crippen molar-refractivity contribution in [2.45, 2.75) is 40.2 Å². The predicted octanol–water partition coefficient (Wildman–Crippen LogP) is 4.57. The third-order valence-electron chi connectivity index (χ3n) is 6.54. The first-order chi connectivity index (χ1) is 15.8. The van der Waals surface area contributed by atoms with E-state index in [1.54, 1.807) is 24.3 Å². The molecule has 1 heterocycles. The highest BCUT2D eigenvalue weighted by atomic mass is 35.5. The van der Waals surface area contributed by atoms with Crippen LogP contribution in [0.25, 0.3) is 0 Å². The van der Waals surface area contributed by atoms with Gasteiger partial charge >= 0.3 is 0 Å². The van der Waals surface area contributed by atoms with Crippen LogP contribution in [0.5, 0.6) is 0 Å². The van der Waals surface area contributed by atoms with Gasteiger partial charge in [-0.1, -0.05) is 38.8 Å². The Morgan fingerprint density at radius 3 is 2.27 bits per heavy atom. The number of aryl methyl sites for hydroxylation is 1. The Hall–Kier alpha value is -2.57. The molecule has 6 nitrogen and oxygen atoms in total. The van der Waals surface area contributed by atoms with Gasteiger partial charge in [0.2, 0.25) is 5.91 Å². The van der Waals surface area contributed by atoms with Crippen molar-refractivity contribution in [3.05, 3.63) is 58.6 Å². The van der Waals surface area contributed by atoms with Crippen LogP contribution in [0.15, 0.2) is 42.5 Å². The Balaban J connectivity index is 1.68. The Labute approximate surface area is 202 Å². The molecule has 2 amide bonds. The lowest BCUT2D eigenvalue weighted by Gasteiger charge is -2.35. The second-order valence-corrected chi connectivity index (χ2v) is 9.19. The van der Waals surface area contributed by atoms with Crippen molar-refractivity contribution in [2.75, 3.05) is 42.9 Å². The van der Waals surface area contributed by atoms with Gasteiger partial charge in [0, 0.05) is 48.1 Å².